The third-order valence-corrected chi connectivity index (χ3v) is 6.17. The van der Waals surface area contributed by atoms with Gasteiger partial charge in [0.1, 0.15) is 24.6 Å². The van der Waals surface area contributed by atoms with Gasteiger partial charge in [-0.25, -0.2) is 0 Å². The van der Waals surface area contributed by atoms with Crippen LogP contribution in [-0.4, -0.2) is 73.5 Å². The molecule has 0 unspecified atom stereocenters. The van der Waals surface area contributed by atoms with E-state index in [1.807, 2.05) is 17.0 Å². The van der Waals surface area contributed by atoms with E-state index in [0.717, 1.165) is 37.2 Å². The van der Waals surface area contributed by atoms with Gasteiger partial charge in [0, 0.05) is 37.4 Å². The van der Waals surface area contributed by atoms with Crippen LogP contribution in [0.15, 0.2) is 18.2 Å². The molecule has 2 saturated heterocycles. The van der Waals surface area contributed by atoms with Gasteiger partial charge in [-0.3, -0.25) is 9.59 Å². The summed E-state index contributed by atoms with van der Waals surface area (Å²) in [6, 6.07) is 5.53. The van der Waals surface area contributed by atoms with E-state index in [-0.39, 0.29) is 43.2 Å². The SMILES string of the molecule is COCC(=O)Nc1ccc2c(c1)[C@@H]1C[C@@H](CC(=O)N3CCCCC3)O[C@@H](CO)[C@@H]1O2. The van der Waals surface area contributed by atoms with Crippen LogP contribution < -0.4 is 10.1 Å². The van der Waals surface area contributed by atoms with E-state index in [4.69, 9.17) is 14.2 Å². The quantitative estimate of drug-likeness (QED) is 0.729. The maximum atomic E-state index is 12.7. The van der Waals surface area contributed by atoms with Crippen molar-refractivity contribution in [3.8, 4) is 5.75 Å². The van der Waals surface area contributed by atoms with Crippen molar-refractivity contribution < 1.29 is 28.9 Å². The summed E-state index contributed by atoms with van der Waals surface area (Å²) in [6.07, 6.45) is 3.21. The van der Waals surface area contributed by atoms with Crippen LogP contribution in [0.5, 0.6) is 5.75 Å². The van der Waals surface area contributed by atoms with Gasteiger partial charge < -0.3 is 29.5 Å². The first-order valence-corrected chi connectivity index (χ1v) is 10.7. The van der Waals surface area contributed by atoms with Gasteiger partial charge in [-0.15, -0.1) is 0 Å². The van der Waals surface area contributed by atoms with E-state index < -0.39 is 6.10 Å². The van der Waals surface area contributed by atoms with Gasteiger partial charge in [-0.1, -0.05) is 0 Å². The summed E-state index contributed by atoms with van der Waals surface area (Å²) in [5, 5.41) is 12.7. The minimum atomic E-state index is -0.484. The minimum absolute atomic E-state index is 0.00401. The van der Waals surface area contributed by atoms with Crippen LogP contribution in [0.2, 0.25) is 0 Å². The topological polar surface area (TPSA) is 97.3 Å². The third kappa shape index (κ3) is 4.45. The number of likely N-dealkylation sites (tertiary alicyclic amines) is 1. The molecular formula is C22H30N2O6. The van der Waals surface area contributed by atoms with Crippen molar-refractivity contribution in [1.82, 2.24) is 4.90 Å². The molecule has 30 heavy (non-hydrogen) atoms. The first-order chi connectivity index (χ1) is 14.6. The number of methoxy groups -OCH3 is 1. The van der Waals surface area contributed by atoms with E-state index in [0.29, 0.717) is 18.5 Å². The Morgan fingerprint density at radius 3 is 2.80 bits per heavy atom. The Morgan fingerprint density at radius 1 is 1.27 bits per heavy atom. The van der Waals surface area contributed by atoms with Crippen LogP contribution in [0, 0.1) is 0 Å². The zero-order valence-corrected chi connectivity index (χ0v) is 17.3. The summed E-state index contributed by atoms with van der Waals surface area (Å²) in [7, 11) is 1.48. The number of carbonyl (C=O) groups excluding carboxylic acids is 2. The molecule has 3 aliphatic rings. The van der Waals surface area contributed by atoms with Crippen LogP contribution in [0.4, 0.5) is 5.69 Å². The number of nitrogens with one attached hydrogen (secondary N) is 1. The van der Waals surface area contributed by atoms with Crippen molar-refractivity contribution in [2.24, 2.45) is 0 Å². The second-order valence-corrected chi connectivity index (χ2v) is 8.28. The number of aliphatic hydroxyl groups is 1. The predicted molar refractivity (Wildman–Crippen MR) is 110 cm³/mol. The lowest BCUT2D eigenvalue weighted by molar-refractivity contribution is -0.149. The summed E-state index contributed by atoms with van der Waals surface area (Å²) in [4.78, 5) is 26.5. The number of ether oxygens (including phenoxy) is 3. The number of anilines is 1. The molecule has 3 heterocycles. The number of carbonyl (C=O) groups is 2. The van der Waals surface area contributed by atoms with Crippen molar-refractivity contribution >= 4 is 17.5 Å². The highest BCUT2D eigenvalue weighted by Gasteiger charge is 2.46. The van der Waals surface area contributed by atoms with Gasteiger partial charge in [0.25, 0.3) is 0 Å². The Balaban J connectivity index is 1.48. The average Bonchev–Trinajstić information content (AvgIpc) is 3.12. The number of benzene rings is 1. The van der Waals surface area contributed by atoms with Crippen LogP contribution >= 0.6 is 0 Å². The number of nitrogens with zero attached hydrogens (tertiary/aromatic N) is 1. The van der Waals surface area contributed by atoms with Crippen molar-refractivity contribution in [2.75, 3.05) is 38.7 Å². The van der Waals surface area contributed by atoms with E-state index >= 15 is 0 Å². The molecule has 0 aliphatic carbocycles. The van der Waals surface area contributed by atoms with Crippen LogP contribution in [0.3, 0.4) is 0 Å². The van der Waals surface area contributed by atoms with Gasteiger partial charge in [-0.05, 0) is 43.9 Å². The Hall–Kier alpha value is -2.16. The molecule has 2 fully saturated rings. The smallest absolute Gasteiger partial charge is 0.250 e. The number of hydrogen-bond donors (Lipinski definition) is 2. The van der Waals surface area contributed by atoms with E-state index in [2.05, 4.69) is 5.32 Å². The number of fused-ring (bicyclic) bond motifs is 3. The van der Waals surface area contributed by atoms with Crippen molar-refractivity contribution in [2.45, 2.75) is 56.3 Å². The summed E-state index contributed by atoms with van der Waals surface area (Å²) in [6.45, 7) is 1.46. The fraction of sp³-hybridized carbons (Fsp3) is 0.636. The van der Waals surface area contributed by atoms with Gasteiger partial charge in [0.2, 0.25) is 11.8 Å². The standard InChI is InChI=1S/C22H30N2O6/c1-28-13-20(26)23-14-5-6-18-16(9-14)17-10-15(29-19(12-25)22(17)30-18)11-21(27)24-7-3-2-4-8-24/h5-6,9,15,17,19,22,25H,2-4,7-8,10-13H2,1H3,(H,23,26)/t15-,17-,19-,22+/m0/s1. The molecular weight excluding hydrogens is 388 g/mol. The van der Waals surface area contributed by atoms with E-state index in [1.165, 1.54) is 13.5 Å². The second kappa shape index (κ2) is 9.32. The Morgan fingerprint density at radius 2 is 2.07 bits per heavy atom. The Bertz CT molecular complexity index is 779. The van der Waals surface area contributed by atoms with Crippen molar-refractivity contribution in [3.05, 3.63) is 23.8 Å². The van der Waals surface area contributed by atoms with E-state index in [1.54, 1.807) is 6.07 Å². The molecule has 2 amide bonds. The molecule has 1 aromatic carbocycles. The molecule has 4 rings (SSSR count). The molecule has 3 aliphatic heterocycles. The highest BCUT2D eigenvalue weighted by molar-refractivity contribution is 5.92. The molecule has 0 spiro atoms. The highest BCUT2D eigenvalue weighted by atomic mass is 16.6. The van der Waals surface area contributed by atoms with Crippen molar-refractivity contribution in [1.29, 1.82) is 0 Å². The number of aliphatic hydroxyl groups excluding tert-OH is 1. The van der Waals surface area contributed by atoms with Gasteiger partial charge in [0.05, 0.1) is 19.1 Å². The fourth-order valence-electron chi connectivity index (χ4n) is 4.76. The summed E-state index contributed by atoms with van der Waals surface area (Å²) in [5.41, 5.74) is 1.65. The first-order valence-electron chi connectivity index (χ1n) is 10.7. The zero-order chi connectivity index (χ0) is 21.1. The van der Waals surface area contributed by atoms with Gasteiger partial charge >= 0.3 is 0 Å². The lowest BCUT2D eigenvalue weighted by Gasteiger charge is -2.38. The van der Waals surface area contributed by atoms with Gasteiger partial charge in [0.15, 0.2) is 0 Å². The monoisotopic (exact) mass is 418 g/mol. The zero-order valence-electron chi connectivity index (χ0n) is 17.3. The molecule has 4 atom stereocenters. The largest absolute Gasteiger partial charge is 0.487 e. The van der Waals surface area contributed by atoms with E-state index in [9.17, 15) is 14.7 Å². The molecule has 0 bridgehead atoms. The molecule has 8 nitrogen and oxygen atoms in total. The summed E-state index contributed by atoms with van der Waals surface area (Å²) in [5.74, 6) is 0.636. The maximum Gasteiger partial charge on any atom is 0.250 e. The second-order valence-electron chi connectivity index (χ2n) is 8.28. The number of piperidine rings is 1. The molecule has 164 valence electrons. The van der Waals surface area contributed by atoms with Crippen LogP contribution in [-0.2, 0) is 19.1 Å². The molecule has 0 saturated carbocycles. The summed E-state index contributed by atoms with van der Waals surface area (Å²) >= 11 is 0. The maximum absolute atomic E-state index is 12.7. The number of hydrogen-bond acceptors (Lipinski definition) is 6. The highest BCUT2D eigenvalue weighted by Crippen LogP contribution is 2.47. The molecule has 0 aromatic heterocycles. The van der Waals surface area contributed by atoms with Gasteiger partial charge in [-0.2, -0.15) is 0 Å². The Labute approximate surface area is 176 Å². The molecule has 0 radical (unpaired) electrons. The van der Waals surface area contributed by atoms with Crippen molar-refractivity contribution in [3.63, 3.8) is 0 Å². The summed E-state index contributed by atoms with van der Waals surface area (Å²) < 4.78 is 17.0. The first kappa shape index (κ1) is 21.1. The van der Waals surface area contributed by atoms with Crippen LogP contribution in [0.25, 0.3) is 0 Å². The molecule has 2 N–H and O–H groups in total. The average molecular weight is 418 g/mol. The Kier molecular flexibility index (Phi) is 6.55. The number of amides is 2. The molecule has 8 heteroatoms. The minimum Gasteiger partial charge on any atom is -0.487 e. The fourth-order valence-corrected chi connectivity index (χ4v) is 4.76. The third-order valence-electron chi connectivity index (χ3n) is 6.17. The normalized spacial score (nSPS) is 27.7. The molecule has 1 aromatic rings. The van der Waals surface area contributed by atoms with Crippen LogP contribution in [0.1, 0.15) is 43.6 Å². The lowest BCUT2D eigenvalue weighted by Crippen LogP contribution is -2.48. The predicted octanol–water partition coefficient (Wildman–Crippen LogP) is 1.67. The number of rotatable bonds is 6. The lowest BCUT2D eigenvalue weighted by atomic mass is 9.84.